The minimum Gasteiger partial charge on any atom is -0.422 e. The van der Waals surface area contributed by atoms with E-state index in [1.165, 1.54) is 0 Å². The molecule has 0 radical (unpaired) electrons. The lowest BCUT2D eigenvalue weighted by molar-refractivity contribution is -0.141. The van der Waals surface area contributed by atoms with Gasteiger partial charge in [0.15, 0.2) is 6.10 Å². The molecule has 124 valence electrons. The van der Waals surface area contributed by atoms with E-state index in [1.807, 2.05) is 43.2 Å². The average Bonchev–Trinajstić information content (AvgIpc) is 3.25. The number of nitrogens with zero attached hydrogens (tertiary/aromatic N) is 3. The SMILES string of the molecule is CC(C)c1nnc([C@H]2CN(C(=O)[C@H](C)c3cccs3)CCO2)o1. The summed E-state index contributed by atoms with van der Waals surface area (Å²) in [5.41, 5.74) is 0. The van der Waals surface area contributed by atoms with Gasteiger partial charge in [-0.05, 0) is 18.4 Å². The van der Waals surface area contributed by atoms with Crippen molar-refractivity contribution in [2.75, 3.05) is 19.7 Å². The van der Waals surface area contributed by atoms with E-state index in [4.69, 9.17) is 9.15 Å². The van der Waals surface area contributed by atoms with Gasteiger partial charge in [0.1, 0.15) is 0 Å². The Morgan fingerprint density at radius 3 is 2.87 bits per heavy atom. The number of aromatic nitrogens is 2. The number of thiophene rings is 1. The quantitative estimate of drug-likeness (QED) is 0.859. The molecule has 2 aromatic rings. The van der Waals surface area contributed by atoms with Crippen molar-refractivity contribution in [3.8, 4) is 0 Å². The van der Waals surface area contributed by atoms with E-state index in [1.54, 1.807) is 11.3 Å². The Morgan fingerprint density at radius 1 is 1.39 bits per heavy atom. The molecule has 0 aliphatic carbocycles. The molecular weight excluding hydrogens is 314 g/mol. The van der Waals surface area contributed by atoms with Gasteiger partial charge in [-0.25, -0.2) is 0 Å². The normalized spacial score (nSPS) is 20.0. The van der Waals surface area contributed by atoms with Crippen molar-refractivity contribution < 1.29 is 13.9 Å². The predicted octanol–water partition coefficient (Wildman–Crippen LogP) is 2.96. The van der Waals surface area contributed by atoms with Crippen LogP contribution in [0.15, 0.2) is 21.9 Å². The zero-order valence-electron chi connectivity index (χ0n) is 13.6. The summed E-state index contributed by atoms with van der Waals surface area (Å²) in [6.07, 6.45) is -0.344. The van der Waals surface area contributed by atoms with Crippen LogP contribution in [0, 0.1) is 0 Å². The van der Waals surface area contributed by atoms with Crippen molar-refractivity contribution in [1.29, 1.82) is 0 Å². The molecule has 0 spiro atoms. The Morgan fingerprint density at radius 2 is 2.22 bits per heavy atom. The van der Waals surface area contributed by atoms with Crippen LogP contribution in [0.25, 0.3) is 0 Å². The number of rotatable bonds is 4. The number of hydrogen-bond acceptors (Lipinski definition) is 6. The van der Waals surface area contributed by atoms with Gasteiger partial charge in [-0.15, -0.1) is 21.5 Å². The van der Waals surface area contributed by atoms with Crippen LogP contribution in [0.5, 0.6) is 0 Å². The van der Waals surface area contributed by atoms with Crippen molar-refractivity contribution in [3.63, 3.8) is 0 Å². The fraction of sp³-hybridized carbons (Fsp3) is 0.562. The zero-order chi connectivity index (χ0) is 16.4. The molecule has 3 rings (SSSR count). The van der Waals surface area contributed by atoms with Gasteiger partial charge < -0.3 is 14.1 Å². The van der Waals surface area contributed by atoms with E-state index < -0.39 is 0 Å². The van der Waals surface area contributed by atoms with Gasteiger partial charge in [-0.1, -0.05) is 19.9 Å². The molecule has 0 N–H and O–H groups in total. The largest absolute Gasteiger partial charge is 0.422 e. The lowest BCUT2D eigenvalue weighted by Gasteiger charge is -2.32. The predicted molar refractivity (Wildman–Crippen MR) is 86.4 cm³/mol. The summed E-state index contributed by atoms with van der Waals surface area (Å²) in [7, 11) is 0. The Labute approximate surface area is 139 Å². The van der Waals surface area contributed by atoms with Crippen LogP contribution in [0.4, 0.5) is 0 Å². The van der Waals surface area contributed by atoms with Crippen LogP contribution in [0.1, 0.15) is 55.4 Å². The summed E-state index contributed by atoms with van der Waals surface area (Å²) >= 11 is 1.61. The molecule has 1 aliphatic heterocycles. The maximum atomic E-state index is 12.7. The third-order valence-corrected chi connectivity index (χ3v) is 5.00. The summed E-state index contributed by atoms with van der Waals surface area (Å²) in [6, 6.07) is 3.97. The van der Waals surface area contributed by atoms with Crippen LogP contribution in [0.2, 0.25) is 0 Å². The van der Waals surface area contributed by atoms with Gasteiger partial charge in [0, 0.05) is 17.3 Å². The van der Waals surface area contributed by atoms with Crippen LogP contribution in [-0.2, 0) is 9.53 Å². The van der Waals surface area contributed by atoms with Crippen LogP contribution in [-0.4, -0.2) is 40.7 Å². The second kappa shape index (κ2) is 6.80. The topological polar surface area (TPSA) is 68.5 Å². The fourth-order valence-corrected chi connectivity index (χ4v) is 3.32. The second-order valence-electron chi connectivity index (χ2n) is 6.01. The molecule has 0 saturated carbocycles. The molecule has 2 atom stereocenters. The first-order valence-corrected chi connectivity index (χ1v) is 8.71. The number of carbonyl (C=O) groups excluding carboxylic acids is 1. The minimum absolute atomic E-state index is 0.115. The van der Waals surface area contributed by atoms with Gasteiger partial charge in [-0.3, -0.25) is 4.79 Å². The lowest BCUT2D eigenvalue weighted by Crippen LogP contribution is -2.44. The van der Waals surface area contributed by atoms with Crippen molar-refractivity contribution in [1.82, 2.24) is 15.1 Å². The average molecular weight is 335 g/mol. The Hall–Kier alpha value is -1.73. The van der Waals surface area contributed by atoms with Crippen LogP contribution < -0.4 is 0 Å². The molecule has 2 aromatic heterocycles. The van der Waals surface area contributed by atoms with Crippen molar-refractivity contribution in [2.45, 2.75) is 38.7 Å². The highest BCUT2D eigenvalue weighted by molar-refractivity contribution is 7.10. The van der Waals surface area contributed by atoms with Gasteiger partial charge in [-0.2, -0.15) is 0 Å². The highest BCUT2D eigenvalue weighted by atomic mass is 32.1. The number of ether oxygens (including phenoxy) is 1. The van der Waals surface area contributed by atoms with E-state index in [0.29, 0.717) is 31.5 Å². The molecule has 3 heterocycles. The van der Waals surface area contributed by atoms with E-state index >= 15 is 0 Å². The molecule has 7 heteroatoms. The summed E-state index contributed by atoms with van der Waals surface area (Å²) in [5, 5.41) is 10.1. The van der Waals surface area contributed by atoms with Gasteiger partial charge in [0.2, 0.25) is 17.7 Å². The first kappa shape index (κ1) is 16.1. The molecule has 6 nitrogen and oxygen atoms in total. The molecule has 0 aromatic carbocycles. The maximum absolute atomic E-state index is 12.7. The molecule has 1 amide bonds. The monoisotopic (exact) mass is 335 g/mol. The molecule has 0 bridgehead atoms. The van der Waals surface area contributed by atoms with E-state index in [9.17, 15) is 4.79 Å². The van der Waals surface area contributed by atoms with Gasteiger partial charge >= 0.3 is 0 Å². The van der Waals surface area contributed by atoms with Gasteiger partial charge in [0.05, 0.1) is 19.1 Å². The lowest BCUT2D eigenvalue weighted by atomic mass is 10.1. The van der Waals surface area contributed by atoms with Crippen molar-refractivity contribution in [3.05, 3.63) is 34.2 Å². The molecule has 1 aliphatic rings. The second-order valence-corrected chi connectivity index (χ2v) is 6.99. The van der Waals surface area contributed by atoms with E-state index in [2.05, 4.69) is 10.2 Å². The molecular formula is C16H21N3O3S. The van der Waals surface area contributed by atoms with Crippen LogP contribution in [0.3, 0.4) is 0 Å². The van der Waals surface area contributed by atoms with Crippen molar-refractivity contribution >= 4 is 17.2 Å². The summed E-state index contributed by atoms with van der Waals surface area (Å²) < 4.78 is 11.4. The zero-order valence-corrected chi connectivity index (χ0v) is 14.4. The first-order chi connectivity index (χ1) is 11.1. The maximum Gasteiger partial charge on any atom is 0.247 e. The summed E-state index contributed by atoms with van der Waals surface area (Å²) in [4.78, 5) is 15.6. The first-order valence-electron chi connectivity index (χ1n) is 7.83. The van der Waals surface area contributed by atoms with Gasteiger partial charge in [0.25, 0.3) is 0 Å². The number of morpholine rings is 1. The Balaban J connectivity index is 1.69. The highest BCUT2D eigenvalue weighted by Gasteiger charge is 2.32. The fourth-order valence-electron chi connectivity index (χ4n) is 2.54. The summed E-state index contributed by atoms with van der Waals surface area (Å²) in [5.74, 6) is 1.21. The molecule has 1 saturated heterocycles. The third-order valence-electron chi connectivity index (χ3n) is 3.94. The van der Waals surface area contributed by atoms with Crippen molar-refractivity contribution in [2.24, 2.45) is 0 Å². The minimum atomic E-state index is -0.344. The smallest absolute Gasteiger partial charge is 0.247 e. The van der Waals surface area contributed by atoms with Crippen LogP contribution >= 0.6 is 11.3 Å². The molecule has 0 unspecified atom stereocenters. The van der Waals surface area contributed by atoms with E-state index in [-0.39, 0.29) is 23.8 Å². The Bertz CT molecular complexity index is 653. The standard InChI is InChI=1S/C16H21N3O3S/c1-10(2)14-17-18-15(22-14)12-9-19(6-7-21-12)16(20)11(3)13-5-4-8-23-13/h4-5,8,10-12H,6-7,9H2,1-3H3/t11-,12-/m1/s1. The Kier molecular flexibility index (Phi) is 4.77. The summed E-state index contributed by atoms with van der Waals surface area (Å²) in [6.45, 7) is 7.47. The highest BCUT2D eigenvalue weighted by Crippen LogP contribution is 2.27. The third kappa shape index (κ3) is 3.45. The number of carbonyl (C=O) groups is 1. The molecule has 23 heavy (non-hydrogen) atoms. The number of hydrogen-bond donors (Lipinski definition) is 0. The molecule has 1 fully saturated rings. The number of amides is 1. The van der Waals surface area contributed by atoms with E-state index in [0.717, 1.165) is 4.88 Å².